The molecule has 0 bridgehead atoms. The predicted octanol–water partition coefficient (Wildman–Crippen LogP) is 0.782. The summed E-state index contributed by atoms with van der Waals surface area (Å²) >= 11 is 0. The van der Waals surface area contributed by atoms with Crippen LogP contribution in [0.4, 0.5) is 4.39 Å². The molecule has 1 unspecified atom stereocenters. The average molecular weight is 262 g/mol. The number of halogens is 1. The van der Waals surface area contributed by atoms with Crippen LogP contribution in [0.1, 0.15) is 5.56 Å². The van der Waals surface area contributed by atoms with Crippen molar-refractivity contribution in [3.63, 3.8) is 0 Å². The molecule has 0 aliphatic rings. The maximum absolute atomic E-state index is 13.7. The van der Waals surface area contributed by atoms with E-state index in [0.717, 1.165) is 6.26 Å². The second-order valence-electron chi connectivity index (χ2n) is 3.88. The van der Waals surface area contributed by atoms with Crippen LogP contribution < -0.4 is 4.74 Å². The lowest BCUT2D eigenvalue weighted by atomic mass is 10.1. The Kier molecular flexibility index (Phi) is 4.47. The van der Waals surface area contributed by atoms with Crippen LogP contribution in [0, 0.1) is 5.82 Å². The molecule has 0 spiro atoms. The van der Waals surface area contributed by atoms with Crippen molar-refractivity contribution in [1.29, 1.82) is 0 Å². The number of hydrogen-bond acceptors (Lipinski definition) is 4. The van der Waals surface area contributed by atoms with Crippen molar-refractivity contribution < 1.29 is 22.7 Å². The molecule has 0 amide bonds. The monoisotopic (exact) mass is 262 g/mol. The Morgan fingerprint density at radius 2 is 2.12 bits per heavy atom. The van der Waals surface area contributed by atoms with Crippen LogP contribution >= 0.6 is 0 Å². The Labute approximate surface area is 100.0 Å². The van der Waals surface area contributed by atoms with Gasteiger partial charge in [-0.3, -0.25) is 0 Å². The third kappa shape index (κ3) is 4.32. The van der Waals surface area contributed by atoms with Gasteiger partial charge in [0.1, 0.15) is 9.84 Å². The van der Waals surface area contributed by atoms with Crippen molar-refractivity contribution >= 4 is 9.84 Å². The smallest absolute Gasteiger partial charge is 0.168 e. The molecule has 4 nitrogen and oxygen atoms in total. The number of aliphatic hydroxyl groups is 1. The lowest BCUT2D eigenvalue weighted by molar-refractivity contribution is 0.196. The van der Waals surface area contributed by atoms with Crippen LogP contribution in [0.15, 0.2) is 18.2 Å². The molecule has 1 aromatic carbocycles. The van der Waals surface area contributed by atoms with Gasteiger partial charge in [-0.15, -0.1) is 0 Å². The molecule has 0 heterocycles. The Morgan fingerprint density at radius 3 is 2.65 bits per heavy atom. The minimum Gasteiger partial charge on any atom is -0.494 e. The van der Waals surface area contributed by atoms with E-state index >= 15 is 0 Å². The normalized spacial score (nSPS) is 13.4. The SMILES string of the molecule is COc1cccc(CC(O)CS(C)(=O)=O)c1F. The lowest BCUT2D eigenvalue weighted by Gasteiger charge is -2.11. The summed E-state index contributed by atoms with van der Waals surface area (Å²) < 4.78 is 40.4. The van der Waals surface area contributed by atoms with E-state index in [9.17, 15) is 17.9 Å². The highest BCUT2D eigenvalue weighted by Gasteiger charge is 2.16. The van der Waals surface area contributed by atoms with Gasteiger partial charge in [-0.1, -0.05) is 12.1 Å². The fraction of sp³-hybridized carbons (Fsp3) is 0.455. The fourth-order valence-corrected chi connectivity index (χ4v) is 2.35. The van der Waals surface area contributed by atoms with Crippen LogP contribution in [0.5, 0.6) is 5.75 Å². The molecule has 0 radical (unpaired) electrons. The zero-order valence-electron chi connectivity index (χ0n) is 9.68. The first-order chi connectivity index (χ1) is 7.83. The number of methoxy groups -OCH3 is 1. The molecule has 0 aromatic heterocycles. The highest BCUT2D eigenvalue weighted by atomic mass is 32.2. The number of benzene rings is 1. The van der Waals surface area contributed by atoms with Crippen LogP contribution in [0.3, 0.4) is 0 Å². The lowest BCUT2D eigenvalue weighted by Crippen LogP contribution is -2.22. The first-order valence-corrected chi connectivity index (χ1v) is 7.06. The molecular weight excluding hydrogens is 247 g/mol. The molecule has 1 atom stereocenters. The van der Waals surface area contributed by atoms with Gasteiger partial charge in [-0.05, 0) is 11.6 Å². The van der Waals surface area contributed by atoms with Gasteiger partial charge in [0.2, 0.25) is 0 Å². The van der Waals surface area contributed by atoms with Crippen molar-refractivity contribution in [2.24, 2.45) is 0 Å². The molecule has 0 saturated carbocycles. The van der Waals surface area contributed by atoms with Gasteiger partial charge >= 0.3 is 0 Å². The molecule has 0 saturated heterocycles. The van der Waals surface area contributed by atoms with E-state index in [0.29, 0.717) is 0 Å². The summed E-state index contributed by atoms with van der Waals surface area (Å²) in [6.07, 6.45) is -0.152. The Bertz CT molecular complexity index is 484. The first-order valence-electron chi connectivity index (χ1n) is 5.00. The van der Waals surface area contributed by atoms with E-state index < -0.39 is 21.8 Å². The largest absolute Gasteiger partial charge is 0.494 e. The molecule has 0 fully saturated rings. The third-order valence-electron chi connectivity index (χ3n) is 2.21. The van der Waals surface area contributed by atoms with Gasteiger partial charge < -0.3 is 9.84 Å². The molecule has 1 aromatic rings. The number of rotatable bonds is 5. The highest BCUT2D eigenvalue weighted by Crippen LogP contribution is 2.21. The molecule has 0 aliphatic heterocycles. The van der Waals surface area contributed by atoms with Crippen molar-refractivity contribution in [2.45, 2.75) is 12.5 Å². The van der Waals surface area contributed by atoms with Crippen molar-refractivity contribution in [3.8, 4) is 5.75 Å². The number of ether oxygens (including phenoxy) is 1. The number of sulfone groups is 1. The number of hydrogen-bond donors (Lipinski definition) is 1. The van der Waals surface area contributed by atoms with Crippen LogP contribution in [-0.2, 0) is 16.3 Å². The van der Waals surface area contributed by atoms with Gasteiger partial charge in [0.15, 0.2) is 11.6 Å². The second-order valence-corrected chi connectivity index (χ2v) is 6.07. The van der Waals surface area contributed by atoms with E-state index in [4.69, 9.17) is 4.74 Å². The van der Waals surface area contributed by atoms with Gasteiger partial charge in [0.05, 0.1) is 19.0 Å². The van der Waals surface area contributed by atoms with Crippen molar-refractivity contribution in [3.05, 3.63) is 29.6 Å². The van der Waals surface area contributed by atoms with Crippen LogP contribution in [0.25, 0.3) is 0 Å². The maximum atomic E-state index is 13.7. The van der Waals surface area contributed by atoms with Gasteiger partial charge in [-0.25, -0.2) is 12.8 Å². The first kappa shape index (κ1) is 13.9. The molecule has 17 heavy (non-hydrogen) atoms. The van der Waals surface area contributed by atoms with E-state index in [2.05, 4.69) is 0 Å². The minimum atomic E-state index is -3.28. The number of aliphatic hydroxyl groups excluding tert-OH is 1. The van der Waals surface area contributed by atoms with Crippen LogP contribution in [0.2, 0.25) is 0 Å². The average Bonchev–Trinajstić information content (AvgIpc) is 2.18. The topological polar surface area (TPSA) is 63.6 Å². The quantitative estimate of drug-likeness (QED) is 0.852. The fourth-order valence-electron chi connectivity index (χ4n) is 1.53. The van der Waals surface area contributed by atoms with E-state index in [-0.39, 0.29) is 23.5 Å². The van der Waals surface area contributed by atoms with Crippen LogP contribution in [-0.4, -0.2) is 38.7 Å². The summed E-state index contributed by atoms with van der Waals surface area (Å²) in [4.78, 5) is 0. The standard InChI is InChI=1S/C11H15FO4S/c1-16-10-5-3-4-8(11(10)12)6-9(13)7-17(2,14)15/h3-5,9,13H,6-7H2,1-2H3. The molecular formula is C11H15FO4S. The van der Waals surface area contributed by atoms with Crippen molar-refractivity contribution in [1.82, 2.24) is 0 Å². The Hall–Kier alpha value is -1.14. The zero-order chi connectivity index (χ0) is 13.1. The molecule has 96 valence electrons. The summed E-state index contributed by atoms with van der Waals surface area (Å²) in [5.74, 6) is -0.875. The predicted molar refractivity (Wildman–Crippen MR) is 62.4 cm³/mol. The molecule has 0 aliphatic carbocycles. The van der Waals surface area contributed by atoms with Crippen molar-refractivity contribution in [2.75, 3.05) is 19.1 Å². The van der Waals surface area contributed by atoms with E-state index in [1.807, 2.05) is 0 Å². The Morgan fingerprint density at radius 1 is 1.47 bits per heavy atom. The van der Waals surface area contributed by atoms with E-state index in [1.165, 1.54) is 19.2 Å². The third-order valence-corrected chi connectivity index (χ3v) is 3.20. The summed E-state index contributed by atoms with van der Waals surface area (Å²) in [5.41, 5.74) is 0.237. The summed E-state index contributed by atoms with van der Waals surface area (Å²) in [6.45, 7) is 0. The second kappa shape index (κ2) is 5.46. The van der Waals surface area contributed by atoms with E-state index in [1.54, 1.807) is 6.07 Å². The summed E-state index contributed by atoms with van der Waals surface area (Å²) in [5, 5.41) is 9.54. The maximum Gasteiger partial charge on any atom is 0.168 e. The minimum absolute atomic E-state index is 0.0594. The van der Waals surface area contributed by atoms with Gasteiger partial charge in [0.25, 0.3) is 0 Å². The zero-order valence-corrected chi connectivity index (χ0v) is 10.5. The molecule has 1 N–H and O–H groups in total. The van der Waals surface area contributed by atoms with Gasteiger partial charge in [-0.2, -0.15) is 0 Å². The highest BCUT2D eigenvalue weighted by molar-refractivity contribution is 7.90. The Balaban J connectivity index is 2.82. The summed E-state index contributed by atoms with van der Waals surface area (Å²) in [6, 6.07) is 4.54. The van der Waals surface area contributed by atoms with Gasteiger partial charge in [0, 0.05) is 12.7 Å². The molecule has 6 heteroatoms. The summed E-state index contributed by atoms with van der Waals surface area (Å²) in [7, 11) is -1.93. The molecule has 1 rings (SSSR count).